The summed E-state index contributed by atoms with van der Waals surface area (Å²) in [6.07, 6.45) is 1.36. The summed E-state index contributed by atoms with van der Waals surface area (Å²) in [5, 5.41) is 18.0. The molecule has 2 aromatic rings. The van der Waals surface area contributed by atoms with Crippen LogP contribution in [0.4, 0.5) is 0 Å². The molecule has 0 saturated carbocycles. The lowest BCUT2D eigenvalue weighted by Crippen LogP contribution is -2.01. The average Bonchev–Trinajstić information content (AvgIpc) is 2.39. The molecule has 0 aliphatic rings. The first kappa shape index (κ1) is 14.3. The molecule has 0 fully saturated rings. The largest absolute Gasteiger partial charge is 0.478 e. The Bertz CT molecular complexity index is 654. The van der Waals surface area contributed by atoms with Crippen molar-refractivity contribution in [2.24, 2.45) is 0 Å². The van der Waals surface area contributed by atoms with Crippen LogP contribution in [0.15, 0.2) is 30.5 Å². The minimum absolute atomic E-state index is 0.0732. The lowest BCUT2D eigenvalue weighted by atomic mass is 10.0. The Morgan fingerprint density at radius 2 is 1.55 bits per heavy atom. The van der Waals surface area contributed by atoms with Crippen LogP contribution in [0.3, 0.4) is 0 Å². The second-order valence-electron chi connectivity index (χ2n) is 3.87. The summed E-state index contributed by atoms with van der Waals surface area (Å²) in [6.45, 7) is 0. The number of hydrogen-bond acceptors (Lipinski definition) is 3. The summed E-state index contributed by atoms with van der Waals surface area (Å²) in [5.74, 6) is -2.38. The van der Waals surface area contributed by atoms with Gasteiger partial charge in [0, 0.05) is 11.8 Å². The standard InChI is InChI=1S/C13H7Cl2NO4/c14-10-2-1-6(3-8(10)12(17)18)7-4-9(13(19)20)11(15)16-5-7/h1-5H,(H,17,18)(H,19,20). The molecule has 0 aliphatic heterocycles. The predicted molar refractivity (Wildman–Crippen MR) is 73.6 cm³/mol. The first-order valence-corrected chi connectivity index (χ1v) is 6.08. The Hall–Kier alpha value is -2.11. The number of pyridine rings is 1. The van der Waals surface area contributed by atoms with E-state index in [2.05, 4.69) is 4.98 Å². The Balaban J connectivity index is 2.57. The summed E-state index contributed by atoms with van der Waals surface area (Å²) in [6, 6.07) is 5.68. The van der Waals surface area contributed by atoms with Gasteiger partial charge in [0.2, 0.25) is 0 Å². The molecule has 1 heterocycles. The fourth-order valence-electron chi connectivity index (χ4n) is 1.62. The molecule has 0 unspecified atom stereocenters. The third kappa shape index (κ3) is 2.74. The minimum Gasteiger partial charge on any atom is -0.478 e. The second kappa shape index (κ2) is 5.48. The van der Waals surface area contributed by atoms with E-state index >= 15 is 0 Å². The molecule has 0 radical (unpaired) electrons. The molecule has 0 atom stereocenters. The van der Waals surface area contributed by atoms with Gasteiger partial charge in [-0.3, -0.25) is 0 Å². The summed E-state index contributed by atoms with van der Waals surface area (Å²) in [7, 11) is 0. The first-order chi connectivity index (χ1) is 9.40. The van der Waals surface area contributed by atoms with E-state index < -0.39 is 11.9 Å². The molecule has 7 heteroatoms. The van der Waals surface area contributed by atoms with Crippen molar-refractivity contribution in [2.75, 3.05) is 0 Å². The van der Waals surface area contributed by atoms with Gasteiger partial charge < -0.3 is 10.2 Å². The number of nitrogens with zero attached hydrogens (tertiary/aromatic N) is 1. The molecule has 2 N–H and O–H groups in total. The molecule has 2 rings (SSSR count). The predicted octanol–water partition coefficient (Wildman–Crippen LogP) is 3.45. The maximum absolute atomic E-state index is 11.0. The Morgan fingerprint density at radius 1 is 0.950 bits per heavy atom. The number of aromatic nitrogens is 1. The minimum atomic E-state index is -1.21. The molecule has 0 amide bonds. The SMILES string of the molecule is O=C(O)c1cc(-c2cnc(Cl)c(C(=O)O)c2)ccc1Cl. The Kier molecular flexibility index (Phi) is 3.92. The van der Waals surface area contributed by atoms with E-state index in [1.165, 1.54) is 24.4 Å². The van der Waals surface area contributed by atoms with Crippen LogP contribution in [0.5, 0.6) is 0 Å². The molecule has 0 bridgehead atoms. The normalized spacial score (nSPS) is 10.3. The maximum atomic E-state index is 11.0. The van der Waals surface area contributed by atoms with Gasteiger partial charge in [-0.25, -0.2) is 14.6 Å². The van der Waals surface area contributed by atoms with Gasteiger partial charge in [0.1, 0.15) is 5.15 Å². The lowest BCUT2D eigenvalue weighted by Gasteiger charge is -2.06. The topological polar surface area (TPSA) is 87.5 Å². The molecule has 1 aromatic carbocycles. The number of carboxylic acid groups (broad SMARTS) is 2. The molecule has 0 spiro atoms. The summed E-state index contributed by atoms with van der Waals surface area (Å²) >= 11 is 11.5. The summed E-state index contributed by atoms with van der Waals surface area (Å²) in [5.41, 5.74) is 0.691. The monoisotopic (exact) mass is 311 g/mol. The molecule has 1 aromatic heterocycles. The molecular formula is C13H7Cl2NO4. The van der Waals surface area contributed by atoms with Crippen LogP contribution >= 0.6 is 23.2 Å². The van der Waals surface area contributed by atoms with Crippen LogP contribution < -0.4 is 0 Å². The van der Waals surface area contributed by atoms with Gasteiger partial charge in [-0.05, 0) is 23.8 Å². The maximum Gasteiger partial charge on any atom is 0.338 e. The highest BCUT2D eigenvalue weighted by atomic mass is 35.5. The van der Waals surface area contributed by atoms with Gasteiger partial charge in [0.05, 0.1) is 16.1 Å². The van der Waals surface area contributed by atoms with Crippen LogP contribution in [0, 0.1) is 0 Å². The number of aromatic carboxylic acids is 2. The highest BCUT2D eigenvalue weighted by Gasteiger charge is 2.14. The van der Waals surface area contributed by atoms with Crippen molar-refractivity contribution in [1.82, 2.24) is 4.98 Å². The van der Waals surface area contributed by atoms with Crippen molar-refractivity contribution in [1.29, 1.82) is 0 Å². The van der Waals surface area contributed by atoms with Crippen LogP contribution in [0.25, 0.3) is 11.1 Å². The number of halogens is 2. The third-order valence-electron chi connectivity index (χ3n) is 2.60. The number of hydrogen-bond donors (Lipinski definition) is 2. The van der Waals surface area contributed by atoms with Gasteiger partial charge in [-0.15, -0.1) is 0 Å². The second-order valence-corrected chi connectivity index (χ2v) is 4.63. The van der Waals surface area contributed by atoms with Crippen LogP contribution in [-0.4, -0.2) is 27.1 Å². The number of rotatable bonds is 3. The number of carbonyl (C=O) groups is 2. The van der Waals surface area contributed by atoms with Crippen LogP contribution in [-0.2, 0) is 0 Å². The fourth-order valence-corrected chi connectivity index (χ4v) is 2.01. The van der Waals surface area contributed by atoms with Gasteiger partial charge in [-0.1, -0.05) is 29.3 Å². The zero-order chi connectivity index (χ0) is 14.9. The Morgan fingerprint density at radius 3 is 2.15 bits per heavy atom. The molecular weight excluding hydrogens is 305 g/mol. The van der Waals surface area contributed by atoms with Gasteiger partial charge in [-0.2, -0.15) is 0 Å². The molecule has 102 valence electrons. The third-order valence-corrected chi connectivity index (χ3v) is 3.23. The van der Waals surface area contributed by atoms with Crippen molar-refractivity contribution < 1.29 is 19.8 Å². The zero-order valence-corrected chi connectivity index (χ0v) is 11.3. The van der Waals surface area contributed by atoms with Crippen LogP contribution in [0.2, 0.25) is 10.2 Å². The van der Waals surface area contributed by atoms with Gasteiger partial charge in [0.15, 0.2) is 0 Å². The van der Waals surface area contributed by atoms with E-state index in [9.17, 15) is 9.59 Å². The van der Waals surface area contributed by atoms with E-state index in [0.29, 0.717) is 11.1 Å². The number of carboxylic acids is 2. The van der Waals surface area contributed by atoms with E-state index in [1.807, 2.05) is 0 Å². The molecule has 0 saturated heterocycles. The quantitative estimate of drug-likeness (QED) is 0.848. The van der Waals surface area contributed by atoms with E-state index in [-0.39, 0.29) is 21.3 Å². The number of benzene rings is 1. The van der Waals surface area contributed by atoms with Crippen LogP contribution in [0.1, 0.15) is 20.7 Å². The van der Waals surface area contributed by atoms with E-state index in [4.69, 9.17) is 33.4 Å². The molecule has 0 aliphatic carbocycles. The highest BCUT2D eigenvalue weighted by molar-refractivity contribution is 6.33. The van der Waals surface area contributed by atoms with Crippen molar-refractivity contribution in [2.45, 2.75) is 0 Å². The van der Waals surface area contributed by atoms with Crippen molar-refractivity contribution in [3.05, 3.63) is 51.8 Å². The van der Waals surface area contributed by atoms with Crippen molar-refractivity contribution in [3.63, 3.8) is 0 Å². The molecule has 20 heavy (non-hydrogen) atoms. The summed E-state index contributed by atoms with van der Waals surface area (Å²) in [4.78, 5) is 25.8. The van der Waals surface area contributed by atoms with Gasteiger partial charge in [0.25, 0.3) is 0 Å². The highest BCUT2D eigenvalue weighted by Crippen LogP contribution is 2.27. The Labute approximate surface area is 123 Å². The van der Waals surface area contributed by atoms with E-state index in [1.54, 1.807) is 6.07 Å². The fraction of sp³-hybridized carbons (Fsp3) is 0. The average molecular weight is 312 g/mol. The van der Waals surface area contributed by atoms with Crippen molar-refractivity contribution in [3.8, 4) is 11.1 Å². The van der Waals surface area contributed by atoms with Crippen molar-refractivity contribution >= 4 is 35.1 Å². The van der Waals surface area contributed by atoms with E-state index in [0.717, 1.165) is 0 Å². The zero-order valence-electron chi connectivity index (χ0n) is 9.80. The molecule has 5 nitrogen and oxygen atoms in total. The lowest BCUT2D eigenvalue weighted by molar-refractivity contribution is 0.0686. The smallest absolute Gasteiger partial charge is 0.338 e. The first-order valence-electron chi connectivity index (χ1n) is 5.32. The summed E-state index contributed by atoms with van der Waals surface area (Å²) < 4.78 is 0. The van der Waals surface area contributed by atoms with Gasteiger partial charge >= 0.3 is 11.9 Å².